The summed E-state index contributed by atoms with van der Waals surface area (Å²) < 4.78 is 22.4. The lowest BCUT2D eigenvalue weighted by atomic mass is 9.76. The number of fused-ring (bicyclic) bond motifs is 4. The highest BCUT2D eigenvalue weighted by Gasteiger charge is 2.55. The summed E-state index contributed by atoms with van der Waals surface area (Å²) in [6.45, 7) is 5.26. The number of methoxy groups -OCH3 is 3. The third kappa shape index (κ3) is 4.21. The molecule has 3 N–H and O–H groups in total. The smallest absolute Gasteiger partial charge is 0.313 e. The molecular formula is C23H41N4O5+. The fourth-order valence-electron chi connectivity index (χ4n) is 7.19. The summed E-state index contributed by atoms with van der Waals surface area (Å²) in [4.78, 5) is 18.0. The topological polar surface area (TPSA) is 89.1 Å². The number of hydrogen-bond donors (Lipinski definition) is 2. The molecule has 9 atom stereocenters. The number of carbonyl (C=O) groups excluding carboxylic acids is 1. The third-order valence-electron chi connectivity index (χ3n) is 8.76. The van der Waals surface area contributed by atoms with Gasteiger partial charge in [0, 0.05) is 59.3 Å². The van der Waals surface area contributed by atoms with Crippen molar-refractivity contribution in [2.24, 2.45) is 11.8 Å². The van der Waals surface area contributed by atoms with Crippen molar-refractivity contribution in [2.45, 2.75) is 74.8 Å². The molecule has 0 radical (unpaired) electrons. The highest BCUT2D eigenvalue weighted by molar-refractivity contribution is 5.76. The lowest BCUT2D eigenvalue weighted by molar-refractivity contribution is -0.712. The van der Waals surface area contributed by atoms with Crippen molar-refractivity contribution < 1.29 is 29.1 Å². The highest BCUT2D eigenvalue weighted by atomic mass is 16.6. The van der Waals surface area contributed by atoms with Gasteiger partial charge in [-0.15, -0.1) is 0 Å². The van der Waals surface area contributed by atoms with E-state index in [4.69, 9.17) is 18.9 Å². The van der Waals surface area contributed by atoms with E-state index in [0.717, 1.165) is 58.5 Å². The second-order valence-electron chi connectivity index (χ2n) is 10.3. The van der Waals surface area contributed by atoms with Gasteiger partial charge in [-0.25, -0.2) is 4.90 Å². The van der Waals surface area contributed by atoms with Gasteiger partial charge in [0.15, 0.2) is 12.4 Å². The Morgan fingerprint density at radius 2 is 2.00 bits per heavy atom. The van der Waals surface area contributed by atoms with Crippen LogP contribution in [-0.4, -0.2) is 113 Å². The first-order chi connectivity index (χ1) is 15.6. The number of hydrogen-bond acceptors (Lipinski definition) is 8. The predicted octanol–water partition coefficient (Wildman–Crippen LogP) is -1.03. The zero-order chi connectivity index (χ0) is 22.2. The predicted molar refractivity (Wildman–Crippen MR) is 117 cm³/mol. The number of nitrogens with two attached hydrogens (primary N) is 1. The molecule has 0 spiro atoms. The van der Waals surface area contributed by atoms with E-state index >= 15 is 0 Å². The standard InChI is InChI=1S/C23H40N4O5/c1-29-11-10-26-8-9-27-17-6-4-14(12-16(17)25-19(27)13-26)24-22-15-5-7-18(30-2)21(31-3)20(15)23(28)32-22/h14-22,24-25H,4-13H2,1-3H3/p+1/t14?,15?,16?,17?,18?,19?,20?,21?,22-/m1/s1. The lowest BCUT2D eigenvalue weighted by Gasteiger charge is -2.39. The molecule has 2 aliphatic carbocycles. The summed E-state index contributed by atoms with van der Waals surface area (Å²) in [7, 11) is 5.16. The van der Waals surface area contributed by atoms with Crippen molar-refractivity contribution in [3.63, 3.8) is 0 Å². The van der Waals surface area contributed by atoms with Crippen molar-refractivity contribution >= 4 is 5.97 Å². The minimum atomic E-state index is -0.224. The normalized spacial score (nSPS) is 44.7. The zero-order valence-electron chi connectivity index (χ0n) is 19.8. The van der Waals surface area contributed by atoms with Crippen molar-refractivity contribution in [1.29, 1.82) is 0 Å². The summed E-state index contributed by atoms with van der Waals surface area (Å²) in [5.74, 6) is -0.182. The summed E-state index contributed by atoms with van der Waals surface area (Å²) in [5.41, 5.74) is 0. The van der Waals surface area contributed by atoms with E-state index in [1.54, 1.807) is 21.3 Å². The maximum atomic E-state index is 12.7. The number of carbonyl (C=O) groups is 1. The molecule has 3 saturated heterocycles. The number of ether oxygens (including phenoxy) is 4. The molecule has 9 heteroatoms. The van der Waals surface area contributed by atoms with Crippen LogP contribution in [0.4, 0.5) is 0 Å². The molecule has 0 aromatic rings. The van der Waals surface area contributed by atoms with Crippen LogP contribution >= 0.6 is 0 Å². The first kappa shape index (κ1) is 23.0. The van der Waals surface area contributed by atoms with Crippen LogP contribution < -0.4 is 10.6 Å². The van der Waals surface area contributed by atoms with Gasteiger partial charge in [-0.3, -0.25) is 15.0 Å². The van der Waals surface area contributed by atoms with Gasteiger partial charge < -0.3 is 24.3 Å². The molecule has 0 aromatic heterocycles. The van der Waals surface area contributed by atoms with Gasteiger partial charge in [0.05, 0.1) is 37.3 Å². The Morgan fingerprint density at radius 1 is 1.12 bits per heavy atom. The quantitative estimate of drug-likeness (QED) is 0.473. The molecule has 9 nitrogen and oxygen atoms in total. The Bertz CT molecular complexity index is 668. The molecule has 5 aliphatic rings. The summed E-state index contributed by atoms with van der Waals surface area (Å²) >= 11 is 0. The molecule has 2 saturated carbocycles. The first-order valence-electron chi connectivity index (χ1n) is 12.5. The molecule has 8 unspecified atom stereocenters. The van der Waals surface area contributed by atoms with Gasteiger partial charge in [-0.2, -0.15) is 0 Å². The molecule has 3 heterocycles. The van der Waals surface area contributed by atoms with Crippen LogP contribution in [0.5, 0.6) is 0 Å². The molecule has 5 fully saturated rings. The average molecular weight is 454 g/mol. The molecule has 182 valence electrons. The van der Waals surface area contributed by atoms with Crippen LogP contribution in [0.15, 0.2) is 0 Å². The zero-order valence-corrected chi connectivity index (χ0v) is 19.8. The van der Waals surface area contributed by atoms with Crippen LogP contribution in [0.1, 0.15) is 32.1 Å². The summed E-state index contributed by atoms with van der Waals surface area (Å²) in [6.07, 6.45) is 5.46. The maximum absolute atomic E-state index is 12.7. The monoisotopic (exact) mass is 453 g/mol. The van der Waals surface area contributed by atoms with E-state index < -0.39 is 0 Å². The van der Waals surface area contributed by atoms with Gasteiger partial charge in [-0.05, 0) is 25.7 Å². The number of nitrogens with one attached hydrogen (secondary N) is 1. The Morgan fingerprint density at radius 3 is 2.78 bits per heavy atom. The van der Waals surface area contributed by atoms with Crippen molar-refractivity contribution in [1.82, 2.24) is 15.1 Å². The van der Waals surface area contributed by atoms with Crippen LogP contribution in [0, 0.1) is 11.8 Å². The number of cyclic esters (lactones) is 1. The fraction of sp³-hybridized carbons (Fsp3) is 0.957. The van der Waals surface area contributed by atoms with E-state index in [1.165, 1.54) is 6.42 Å². The second kappa shape index (κ2) is 9.82. The van der Waals surface area contributed by atoms with Crippen molar-refractivity contribution in [3.05, 3.63) is 0 Å². The second-order valence-corrected chi connectivity index (χ2v) is 10.3. The van der Waals surface area contributed by atoms with Crippen molar-refractivity contribution in [3.8, 4) is 0 Å². The van der Waals surface area contributed by atoms with Gasteiger partial charge in [0.25, 0.3) is 0 Å². The van der Waals surface area contributed by atoms with Gasteiger partial charge in [0.2, 0.25) is 0 Å². The lowest BCUT2D eigenvalue weighted by Crippen LogP contribution is -2.95. The van der Waals surface area contributed by atoms with Crippen LogP contribution in [0.25, 0.3) is 0 Å². The van der Waals surface area contributed by atoms with E-state index in [1.807, 2.05) is 0 Å². The largest absolute Gasteiger partial charge is 0.446 e. The number of nitrogens with zero attached hydrogens (tertiary/aromatic N) is 2. The van der Waals surface area contributed by atoms with Crippen molar-refractivity contribution in [2.75, 3.05) is 54.1 Å². The fourth-order valence-corrected chi connectivity index (χ4v) is 7.19. The number of esters is 1. The summed E-state index contributed by atoms with van der Waals surface area (Å²) in [6, 6.07) is 1.70. The molecular weight excluding hydrogens is 412 g/mol. The molecule has 32 heavy (non-hydrogen) atoms. The Labute approximate surface area is 191 Å². The number of piperazine rings is 1. The molecule has 0 amide bonds. The molecule has 5 rings (SSSR count). The molecule has 3 aliphatic heterocycles. The Kier molecular flexibility index (Phi) is 7.04. The third-order valence-corrected chi connectivity index (χ3v) is 8.76. The maximum Gasteiger partial charge on any atom is 0.313 e. The van der Waals surface area contributed by atoms with Gasteiger partial charge >= 0.3 is 5.97 Å². The number of quaternary nitrogens is 1. The van der Waals surface area contributed by atoms with Crippen LogP contribution in [0.2, 0.25) is 0 Å². The van der Waals surface area contributed by atoms with Gasteiger partial charge in [0.1, 0.15) is 6.04 Å². The van der Waals surface area contributed by atoms with E-state index in [-0.39, 0.29) is 36.2 Å². The van der Waals surface area contributed by atoms with Gasteiger partial charge in [-0.1, -0.05) is 0 Å². The Balaban J connectivity index is 1.17. The highest BCUT2D eigenvalue weighted by Crippen LogP contribution is 2.42. The number of rotatable bonds is 7. The summed E-state index contributed by atoms with van der Waals surface area (Å²) in [5, 5.41) is 6.35. The molecule has 0 bridgehead atoms. The Hall–Kier alpha value is -0.810. The average Bonchev–Trinajstić information content (AvgIpc) is 3.33. The van der Waals surface area contributed by atoms with E-state index in [9.17, 15) is 4.79 Å². The minimum Gasteiger partial charge on any atom is -0.446 e. The van der Waals surface area contributed by atoms with E-state index in [0.29, 0.717) is 24.3 Å². The van der Waals surface area contributed by atoms with Crippen LogP contribution in [-0.2, 0) is 23.7 Å². The minimum absolute atomic E-state index is 0.0306. The van der Waals surface area contributed by atoms with Crippen LogP contribution in [0.3, 0.4) is 0 Å². The van der Waals surface area contributed by atoms with E-state index in [2.05, 4.69) is 20.4 Å². The molecule has 0 aromatic carbocycles. The first-order valence-corrected chi connectivity index (χ1v) is 12.5. The SMILES string of the molecule is COCCN1CCN2C(C1)[NH2+]C1CC(N[C@@H]3OC(=O)C4C(OC)C(OC)CCC43)CCC12.